The third-order valence-electron chi connectivity index (χ3n) is 6.67. The zero-order chi connectivity index (χ0) is 26.1. The molecule has 1 fully saturated rings. The van der Waals surface area contributed by atoms with E-state index in [0.717, 1.165) is 10.9 Å². The molecule has 9 nitrogen and oxygen atoms in total. The third kappa shape index (κ3) is 4.80. The lowest BCUT2D eigenvalue weighted by atomic mass is 10.1. The quantitative estimate of drug-likeness (QED) is 0.407. The van der Waals surface area contributed by atoms with Crippen molar-refractivity contribution in [1.82, 2.24) is 15.2 Å². The van der Waals surface area contributed by atoms with Gasteiger partial charge < -0.3 is 20.0 Å². The van der Waals surface area contributed by atoms with Gasteiger partial charge in [0.1, 0.15) is 17.7 Å². The number of nitrogens with one attached hydrogen (secondary N) is 2. The topological polar surface area (TPSA) is 122 Å². The Morgan fingerprint density at radius 1 is 1.08 bits per heavy atom. The van der Waals surface area contributed by atoms with E-state index >= 15 is 0 Å². The number of carbonyl (C=O) groups is 3. The van der Waals surface area contributed by atoms with E-state index in [1.807, 2.05) is 31.2 Å². The number of benzene rings is 2. The van der Waals surface area contributed by atoms with E-state index < -0.39 is 17.7 Å². The number of fused-ring (bicyclic) bond motifs is 2. The number of hydrogen-bond donors (Lipinski definition) is 2. The van der Waals surface area contributed by atoms with Gasteiger partial charge in [0.05, 0.1) is 11.1 Å². The standard InChI is InChI=1S/C28H26N4O5/c1-16-14-25(33)37-24-15-18(9-10-19(16)24)31-27(35)23-8-5-13-32(23)28(36)17(2)30-26(34)21-11-12-29-22-7-4-3-6-20(21)22/h3-4,6-7,9-12,14-15,17,23H,5,8,13H2,1-2H3,(H,30,34)(H,31,35)/t17-,23+/m1/s1. The van der Waals surface area contributed by atoms with Gasteiger partial charge in [0.15, 0.2) is 0 Å². The van der Waals surface area contributed by atoms with Crippen LogP contribution in [0, 0.1) is 6.92 Å². The highest BCUT2D eigenvalue weighted by Crippen LogP contribution is 2.24. The molecule has 0 unspecified atom stereocenters. The Balaban J connectivity index is 1.28. The average molecular weight is 499 g/mol. The van der Waals surface area contributed by atoms with Crippen LogP contribution in [0.15, 0.2) is 70.0 Å². The van der Waals surface area contributed by atoms with Gasteiger partial charge in [-0.15, -0.1) is 0 Å². The normalized spacial score (nSPS) is 16.1. The van der Waals surface area contributed by atoms with E-state index in [9.17, 15) is 19.2 Å². The van der Waals surface area contributed by atoms with Crippen LogP contribution in [0.5, 0.6) is 0 Å². The van der Waals surface area contributed by atoms with E-state index in [0.29, 0.717) is 47.1 Å². The molecule has 2 atom stereocenters. The average Bonchev–Trinajstić information content (AvgIpc) is 3.37. The van der Waals surface area contributed by atoms with Crippen molar-refractivity contribution in [2.45, 2.75) is 38.8 Å². The summed E-state index contributed by atoms with van der Waals surface area (Å²) in [6, 6.07) is 13.9. The van der Waals surface area contributed by atoms with Gasteiger partial charge in [-0.1, -0.05) is 18.2 Å². The number of aryl methyl sites for hydroxylation is 1. The second-order valence-corrected chi connectivity index (χ2v) is 9.21. The van der Waals surface area contributed by atoms with Gasteiger partial charge in [-0.05, 0) is 56.5 Å². The van der Waals surface area contributed by atoms with Crippen molar-refractivity contribution < 1.29 is 18.8 Å². The molecule has 4 aromatic rings. The highest BCUT2D eigenvalue weighted by molar-refractivity contribution is 6.07. The highest BCUT2D eigenvalue weighted by Gasteiger charge is 2.36. The smallest absolute Gasteiger partial charge is 0.336 e. The minimum absolute atomic E-state index is 0.329. The molecule has 2 aromatic carbocycles. The first-order valence-corrected chi connectivity index (χ1v) is 12.1. The summed E-state index contributed by atoms with van der Waals surface area (Å²) in [5.41, 5.74) is 2.29. The number of hydrogen-bond acceptors (Lipinski definition) is 6. The first-order valence-electron chi connectivity index (χ1n) is 12.1. The number of nitrogens with zero attached hydrogens (tertiary/aromatic N) is 2. The summed E-state index contributed by atoms with van der Waals surface area (Å²) in [5, 5.41) is 7.09. The molecular weight excluding hydrogens is 472 g/mol. The monoisotopic (exact) mass is 498 g/mol. The lowest BCUT2D eigenvalue weighted by Crippen LogP contribution is -2.51. The summed E-state index contributed by atoms with van der Waals surface area (Å²) in [7, 11) is 0. The van der Waals surface area contributed by atoms with Gasteiger partial charge in [-0.25, -0.2) is 4.79 Å². The summed E-state index contributed by atoms with van der Waals surface area (Å²) in [5.74, 6) is -1.05. The predicted molar refractivity (Wildman–Crippen MR) is 139 cm³/mol. The fourth-order valence-electron chi connectivity index (χ4n) is 4.81. The summed E-state index contributed by atoms with van der Waals surface area (Å²) in [6.07, 6.45) is 2.74. The maximum atomic E-state index is 13.3. The maximum absolute atomic E-state index is 13.3. The van der Waals surface area contributed by atoms with Gasteiger partial charge in [0, 0.05) is 41.3 Å². The first kappa shape index (κ1) is 24.2. The van der Waals surface area contributed by atoms with E-state index in [4.69, 9.17) is 4.42 Å². The van der Waals surface area contributed by atoms with Gasteiger partial charge in [-0.3, -0.25) is 19.4 Å². The van der Waals surface area contributed by atoms with E-state index in [2.05, 4.69) is 15.6 Å². The Labute approximate surface area is 212 Å². The number of rotatable bonds is 5. The molecule has 2 N–H and O–H groups in total. The SMILES string of the molecule is Cc1cc(=O)oc2cc(NC(=O)[C@@H]3CCCN3C(=O)[C@@H](C)NC(=O)c3ccnc4ccccc34)ccc12. The van der Waals surface area contributed by atoms with Crippen LogP contribution < -0.4 is 16.3 Å². The molecule has 9 heteroatoms. The highest BCUT2D eigenvalue weighted by atomic mass is 16.4. The lowest BCUT2D eigenvalue weighted by molar-refractivity contribution is -0.137. The van der Waals surface area contributed by atoms with E-state index in [1.165, 1.54) is 11.0 Å². The third-order valence-corrected chi connectivity index (χ3v) is 6.67. The molecule has 2 aromatic heterocycles. The number of anilines is 1. The van der Waals surface area contributed by atoms with Crippen molar-refractivity contribution >= 4 is 45.3 Å². The molecule has 37 heavy (non-hydrogen) atoms. The minimum Gasteiger partial charge on any atom is -0.423 e. The Bertz CT molecular complexity index is 1590. The van der Waals surface area contributed by atoms with Crippen molar-refractivity contribution in [2.75, 3.05) is 11.9 Å². The summed E-state index contributed by atoms with van der Waals surface area (Å²) < 4.78 is 5.27. The summed E-state index contributed by atoms with van der Waals surface area (Å²) in [6.45, 7) is 3.85. The molecule has 3 heterocycles. The van der Waals surface area contributed by atoms with Gasteiger partial charge >= 0.3 is 5.63 Å². The second-order valence-electron chi connectivity index (χ2n) is 9.21. The predicted octanol–water partition coefficient (Wildman–Crippen LogP) is 3.40. The van der Waals surface area contributed by atoms with Gasteiger partial charge in [-0.2, -0.15) is 0 Å². The van der Waals surface area contributed by atoms with E-state index in [1.54, 1.807) is 37.4 Å². The number of carbonyl (C=O) groups excluding carboxylic acids is 3. The van der Waals surface area contributed by atoms with Crippen LogP contribution in [0.1, 0.15) is 35.7 Å². The second kappa shape index (κ2) is 9.85. The van der Waals surface area contributed by atoms with Crippen LogP contribution in [0.25, 0.3) is 21.9 Å². The van der Waals surface area contributed by atoms with Crippen LogP contribution in [0.2, 0.25) is 0 Å². The molecule has 1 aliphatic heterocycles. The van der Waals surface area contributed by atoms with Crippen LogP contribution in [0.4, 0.5) is 5.69 Å². The fraction of sp³-hybridized carbons (Fsp3) is 0.250. The summed E-state index contributed by atoms with van der Waals surface area (Å²) in [4.78, 5) is 56.9. The minimum atomic E-state index is -0.828. The van der Waals surface area contributed by atoms with Crippen molar-refractivity contribution in [3.05, 3.63) is 82.3 Å². The van der Waals surface area contributed by atoms with Crippen LogP contribution in [-0.4, -0.2) is 46.2 Å². The Kier molecular flexibility index (Phi) is 6.43. The summed E-state index contributed by atoms with van der Waals surface area (Å²) >= 11 is 0. The molecular formula is C28H26N4O5. The molecule has 0 spiro atoms. The maximum Gasteiger partial charge on any atom is 0.336 e. The number of likely N-dealkylation sites (tertiary alicyclic amines) is 1. The molecule has 1 aliphatic rings. The Morgan fingerprint density at radius 3 is 2.73 bits per heavy atom. The number of para-hydroxylation sites is 1. The zero-order valence-electron chi connectivity index (χ0n) is 20.5. The number of amides is 3. The van der Waals surface area contributed by atoms with Crippen molar-refractivity contribution in [3.8, 4) is 0 Å². The van der Waals surface area contributed by atoms with Crippen molar-refractivity contribution in [1.29, 1.82) is 0 Å². The zero-order valence-corrected chi connectivity index (χ0v) is 20.5. The van der Waals surface area contributed by atoms with Crippen molar-refractivity contribution in [2.24, 2.45) is 0 Å². The van der Waals surface area contributed by atoms with Crippen LogP contribution in [0.3, 0.4) is 0 Å². The molecule has 5 rings (SSSR count). The van der Waals surface area contributed by atoms with Crippen LogP contribution in [-0.2, 0) is 9.59 Å². The van der Waals surface area contributed by atoms with Crippen molar-refractivity contribution in [3.63, 3.8) is 0 Å². The molecule has 1 saturated heterocycles. The Morgan fingerprint density at radius 2 is 1.89 bits per heavy atom. The molecule has 188 valence electrons. The largest absolute Gasteiger partial charge is 0.423 e. The molecule has 0 radical (unpaired) electrons. The molecule has 3 amide bonds. The number of aromatic nitrogens is 1. The Hall–Kier alpha value is -4.53. The van der Waals surface area contributed by atoms with Crippen LogP contribution >= 0.6 is 0 Å². The number of pyridine rings is 1. The molecule has 0 saturated carbocycles. The molecule has 0 bridgehead atoms. The lowest BCUT2D eigenvalue weighted by Gasteiger charge is -2.27. The fourth-order valence-corrected chi connectivity index (χ4v) is 4.81. The first-order chi connectivity index (χ1) is 17.8. The molecule has 0 aliphatic carbocycles. The van der Waals surface area contributed by atoms with E-state index in [-0.39, 0.29) is 17.7 Å². The van der Waals surface area contributed by atoms with Gasteiger partial charge in [0.2, 0.25) is 11.8 Å². The van der Waals surface area contributed by atoms with Gasteiger partial charge in [0.25, 0.3) is 5.91 Å².